The number of rotatable bonds is 4. The Morgan fingerprint density at radius 2 is 2.14 bits per heavy atom. The van der Waals surface area contributed by atoms with Crippen molar-refractivity contribution in [2.75, 3.05) is 32.1 Å². The van der Waals surface area contributed by atoms with E-state index in [0.29, 0.717) is 48.9 Å². The number of ether oxygens (including phenoxy) is 1. The van der Waals surface area contributed by atoms with Crippen LogP contribution >= 0.6 is 11.6 Å². The summed E-state index contributed by atoms with van der Waals surface area (Å²) in [6, 6.07) is 5.10. The fourth-order valence-electron chi connectivity index (χ4n) is 2.36. The number of halogens is 1. The van der Waals surface area contributed by atoms with Gasteiger partial charge in [-0.25, -0.2) is 0 Å². The molecule has 0 saturated carbocycles. The topological polar surface area (TPSA) is 61.8 Å². The van der Waals surface area contributed by atoms with E-state index < -0.39 is 5.60 Å². The molecule has 0 spiro atoms. The summed E-state index contributed by atoms with van der Waals surface area (Å²) in [7, 11) is 1.55. The molecule has 0 unspecified atom stereocenters. The number of anilines is 1. The molecule has 6 heteroatoms. The standard InChI is InChI=1S/C15H21ClN2O3/c1-15(20)5-7-18(8-6-15)10-14(19)17-12-9-11(16)3-4-13(12)21-2/h3-4,9,20H,5-8,10H2,1-2H3,(H,17,19). The second-order valence-electron chi connectivity index (χ2n) is 5.67. The van der Waals surface area contributed by atoms with Gasteiger partial charge in [0.25, 0.3) is 0 Å². The average Bonchev–Trinajstić information content (AvgIpc) is 2.41. The molecule has 1 amide bonds. The highest BCUT2D eigenvalue weighted by Gasteiger charge is 2.28. The molecule has 0 bridgehead atoms. The van der Waals surface area contributed by atoms with E-state index in [9.17, 15) is 9.90 Å². The van der Waals surface area contributed by atoms with Gasteiger partial charge in [-0.2, -0.15) is 0 Å². The summed E-state index contributed by atoms with van der Waals surface area (Å²) >= 11 is 5.94. The lowest BCUT2D eigenvalue weighted by Gasteiger charge is -2.35. The third-order valence-electron chi connectivity index (χ3n) is 3.74. The maximum absolute atomic E-state index is 12.1. The van der Waals surface area contributed by atoms with E-state index in [1.165, 1.54) is 0 Å². The summed E-state index contributed by atoms with van der Waals surface area (Å²) in [5.74, 6) is 0.464. The molecule has 2 rings (SSSR count). The number of benzene rings is 1. The van der Waals surface area contributed by atoms with Crippen molar-refractivity contribution >= 4 is 23.2 Å². The lowest BCUT2D eigenvalue weighted by Crippen LogP contribution is -2.45. The number of aliphatic hydroxyl groups is 1. The molecular formula is C15H21ClN2O3. The van der Waals surface area contributed by atoms with Crippen LogP contribution in [0.4, 0.5) is 5.69 Å². The van der Waals surface area contributed by atoms with E-state index in [-0.39, 0.29) is 5.91 Å². The van der Waals surface area contributed by atoms with Gasteiger partial charge in [0.1, 0.15) is 5.75 Å². The number of nitrogens with zero attached hydrogens (tertiary/aromatic N) is 1. The van der Waals surface area contributed by atoms with Crippen molar-refractivity contribution in [1.82, 2.24) is 4.90 Å². The highest BCUT2D eigenvalue weighted by molar-refractivity contribution is 6.31. The summed E-state index contributed by atoms with van der Waals surface area (Å²) in [4.78, 5) is 14.1. The van der Waals surface area contributed by atoms with E-state index in [2.05, 4.69) is 5.32 Å². The molecule has 0 radical (unpaired) electrons. The maximum Gasteiger partial charge on any atom is 0.238 e. The molecule has 5 nitrogen and oxygen atoms in total. The second kappa shape index (κ2) is 6.64. The van der Waals surface area contributed by atoms with Crippen molar-refractivity contribution in [3.8, 4) is 5.75 Å². The number of hydrogen-bond acceptors (Lipinski definition) is 4. The molecule has 116 valence electrons. The Bertz CT molecular complexity index is 510. The second-order valence-corrected chi connectivity index (χ2v) is 6.10. The van der Waals surface area contributed by atoms with E-state index in [1.807, 2.05) is 11.8 Å². The molecule has 1 aromatic carbocycles. The number of hydrogen-bond donors (Lipinski definition) is 2. The van der Waals surface area contributed by atoms with Gasteiger partial charge in [0.15, 0.2) is 0 Å². The fourth-order valence-corrected chi connectivity index (χ4v) is 2.54. The number of amides is 1. The van der Waals surface area contributed by atoms with Crippen LogP contribution in [0.2, 0.25) is 5.02 Å². The maximum atomic E-state index is 12.1. The number of likely N-dealkylation sites (tertiary alicyclic amines) is 1. The summed E-state index contributed by atoms with van der Waals surface area (Å²) in [6.45, 7) is 3.56. The van der Waals surface area contributed by atoms with Crippen LogP contribution in [-0.4, -0.2) is 48.3 Å². The third kappa shape index (κ3) is 4.59. The van der Waals surface area contributed by atoms with Gasteiger partial charge in [-0.05, 0) is 38.0 Å². The SMILES string of the molecule is COc1ccc(Cl)cc1NC(=O)CN1CCC(C)(O)CC1. The number of carbonyl (C=O) groups is 1. The zero-order chi connectivity index (χ0) is 15.5. The van der Waals surface area contributed by atoms with Gasteiger partial charge < -0.3 is 15.2 Å². The number of methoxy groups -OCH3 is 1. The minimum Gasteiger partial charge on any atom is -0.495 e. The zero-order valence-corrected chi connectivity index (χ0v) is 13.1. The van der Waals surface area contributed by atoms with E-state index >= 15 is 0 Å². The van der Waals surface area contributed by atoms with Crippen LogP contribution in [0.15, 0.2) is 18.2 Å². The van der Waals surface area contributed by atoms with E-state index in [0.717, 1.165) is 0 Å². The van der Waals surface area contributed by atoms with Crippen LogP contribution in [0, 0.1) is 0 Å². The molecule has 1 aromatic rings. The highest BCUT2D eigenvalue weighted by atomic mass is 35.5. The first kappa shape index (κ1) is 16.1. The van der Waals surface area contributed by atoms with Crippen molar-refractivity contribution in [1.29, 1.82) is 0 Å². The zero-order valence-electron chi connectivity index (χ0n) is 12.4. The lowest BCUT2D eigenvalue weighted by molar-refractivity contribution is -0.118. The van der Waals surface area contributed by atoms with Crippen molar-refractivity contribution in [3.63, 3.8) is 0 Å². The molecule has 1 heterocycles. The molecule has 1 saturated heterocycles. The first-order valence-corrected chi connectivity index (χ1v) is 7.35. The van der Waals surface area contributed by atoms with Crippen molar-refractivity contribution in [3.05, 3.63) is 23.2 Å². The Balaban J connectivity index is 1.92. The number of nitrogens with one attached hydrogen (secondary N) is 1. The molecule has 2 N–H and O–H groups in total. The molecular weight excluding hydrogens is 292 g/mol. The average molecular weight is 313 g/mol. The first-order valence-electron chi connectivity index (χ1n) is 6.98. The lowest BCUT2D eigenvalue weighted by atomic mass is 9.94. The predicted octanol–water partition coefficient (Wildman–Crippen LogP) is 2.13. The van der Waals surface area contributed by atoms with Gasteiger partial charge in [-0.1, -0.05) is 11.6 Å². The molecule has 0 aromatic heterocycles. The molecule has 1 aliphatic heterocycles. The molecule has 1 aliphatic rings. The smallest absolute Gasteiger partial charge is 0.238 e. The minimum absolute atomic E-state index is 0.114. The van der Waals surface area contributed by atoms with Gasteiger partial charge in [-0.15, -0.1) is 0 Å². The summed E-state index contributed by atoms with van der Waals surface area (Å²) in [6.07, 6.45) is 1.36. The van der Waals surface area contributed by atoms with Crippen LogP contribution in [0.3, 0.4) is 0 Å². The normalized spacial score (nSPS) is 18.3. The Morgan fingerprint density at radius 1 is 1.48 bits per heavy atom. The van der Waals surface area contributed by atoms with Crippen LogP contribution in [0.1, 0.15) is 19.8 Å². The predicted molar refractivity (Wildman–Crippen MR) is 82.9 cm³/mol. The third-order valence-corrected chi connectivity index (χ3v) is 3.97. The quantitative estimate of drug-likeness (QED) is 0.894. The minimum atomic E-state index is -0.608. The van der Waals surface area contributed by atoms with Crippen LogP contribution in [-0.2, 0) is 4.79 Å². The largest absolute Gasteiger partial charge is 0.495 e. The summed E-state index contributed by atoms with van der Waals surface area (Å²) in [5.41, 5.74) is -0.0395. The van der Waals surface area contributed by atoms with Crippen LogP contribution in [0.5, 0.6) is 5.75 Å². The van der Waals surface area contributed by atoms with Gasteiger partial charge in [0.05, 0.1) is 24.9 Å². The van der Waals surface area contributed by atoms with Crippen molar-refractivity contribution in [2.24, 2.45) is 0 Å². The highest BCUT2D eigenvalue weighted by Crippen LogP contribution is 2.27. The Labute approximate surface area is 129 Å². The Kier molecular flexibility index (Phi) is 5.08. The van der Waals surface area contributed by atoms with Crippen LogP contribution in [0.25, 0.3) is 0 Å². The van der Waals surface area contributed by atoms with Gasteiger partial charge in [-0.3, -0.25) is 9.69 Å². The monoisotopic (exact) mass is 312 g/mol. The first-order chi connectivity index (χ1) is 9.89. The number of piperidine rings is 1. The van der Waals surface area contributed by atoms with Gasteiger partial charge in [0.2, 0.25) is 5.91 Å². The van der Waals surface area contributed by atoms with Crippen molar-refractivity contribution < 1.29 is 14.6 Å². The summed E-state index contributed by atoms with van der Waals surface area (Å²) < 4.78 is 5.20. The van der Waals surface area contributed by atoms with Gasteiger partial charge in [0, 0.05) is 18.1 Å². The van der Waals surface area contributed by atoms with Gasteiger partial charge >= 0.3 is 0 Å². The summed E-state index contributed by atoms with van der Waals surface area (Å²) in [5, 5.41) is 13.3. The van der Waals surface area contributed by atoms with E-state index in [1.54, 1.807) is 25.3 Å². The molecule has 21 heavy (non-hydrogen) atoms. The molecule has 0 aliphatic carbocycles. The number of carbonyl (C=O) groups excluding carboxylic acids is 1. The Hall–Kier alpha value is -1.30. The Morgan fingerprint density at radius 3 is 2.76 bits per heavy atom. The molecule has 0 atom stereocenters. The molecule has 1 fully saturated rings. The van der Waals surface area contributed by atoms with E-state index in [4.69, 9.17) is 16.3 Å². The van der Waals surface area contributed by atoms with Crippen LogP contribution < -0.4 is 10.1 Å². The van der Waals surface area contributed by atoms with Crippen molar-refractivity contribution in [2.45, 2.75) is 25.4 Å². The fraction of sp³-hybridized carbons (Fsp3) is 0.533.